The monoisotopic (exact) mass is 341 g/mol. The molecule has 0 saturated carbocycles. The smallest absolute Gasteiger partial charge is 0.312 e. The number of carbonyl (C=O) groups excluding carboxylic acids is 1. The van der Waals surface area contributed by atoms with Crippen LogP contribution in [0, 0.1) is 5.82 Å². The lowest BCUT2D eigenvalue weighted by Gasteiger charge is -2.37. The molecule has 25 heavy (non-hydrogen) atoms. The molecule has 1 aliphatic rings. The lowest BCUT2D eigenvalue weighted by Crippen LogP contribution is -2.47. The molecule has 0 fully saturated rings. The van der Waals surface area contributed by atoms with Crippen molar-refractivity contribution in [3.05, 3.63) is 71.0 Å². The minimum absolute atomic E-state index is 0.115. The summed E-state index contributed by atoms with van der Waals surface area (Å²) in [5.74, 6) is -2.31. The minimum Gasteiger partial charge on any atom is -0.481 e. The van der Waals surface area contributed by atoms with Gasteiger partial charge in [-0.25, -0.2) is 4.39 Å². The molecule has 1 heterocycles. The van der Waals surface area contributed by atoms with Crippen molar-refractivity contribution >= 4 is 11.9 Å². The van der Waals surface area contributed by atoms with Crippen LogP contribution in [-0.2, 0) is 21.5 Å². The zero-order valence-corrected chi connectivity index (χ0v) is 14.2. The van der Waals surface area contributed by atoms with Gasteiger partial charge in [0.1, 0.15) is 5.82 Å². The maximum absolute atomic E-state index is 13.6. The Hall–Kier alpha value is -2.69. The molecule has 1 amide bonds. The van der Waals surface area contributed by atoms with Gasteiger partial charge in [0.25, 0.3) is 0 Å². The Kier molecular flexibility index (Phi) is 4.33. The first-order valence-corrected chi connectivity index (χ1v) is 8.16. The highest BCUT2D eigenvalue weighted by Gasteiger charge is 2.39. The first-order chi connectivity index (χ1) is 11.8. The highest BCUT2D eigenvalue weighted by atomic mass is 19.1. The molecule has 130 valence electrons. The molecule has 3 rings (SSSR count). The molecule has 0 spiro atoms. The van der Waals surface area contributed by atoms with Crippen LogP contribution in [0.15, 0.2) is 48.5 Å². The van der Waals surface area contributed by atoms with Gasteiger partial charge >= 0.3 is 5.97 Å². The van der Waals surface area contributed by atoms with E-state index in [0.717, 1.165) is 11.1 Å². The molecular formula is C20H20FNO3. The van der Waals surface area contributed by atoms with Crippen LogP contribution in [-0.4, -0.2) is 28.4 Å². The van der Waals surface area contributed by atoms with Gasteiger partial charge in [-0.3, -0.25) is 9.59 Å². The van der Waals surface area contributed by atoms with Gasteiger partial charge in [-0.05, 0) is 42.7 Å². The van der Waals surface area contributed by atoms with Gasteiger partial charge in [-0.1, -0.05) is 36.4 Å². The zero-order valence-electron chi connectivity index (χ0n) is 14.2. The Balaban J connectivity index is 1.94. The molecule has 1 unspecified atom stereocenters. The molecule has 2 aromatic carbocycles. The van der Waals surface area contributed by atoms with Crippen LogP contribution in [0.1, 0.15) is 36.5 Å². The van der Waals surface area contributed by atoms with E-state index in [4.69, 9.17) is 0 Å². The lowest BCUT2D eigenvalue weighted by atomic mass is 9.81. The molecule has 0 bridgehead atoms. The number of nitrogens with zero attached hydrogens (tertiary/aromatic N) is 1. The van der Waals surface area contributed by atoms with E-state index in [1.807, 2.05) is 18.2 Å². The summed E-state index contributed by atoms with van der Waals surface area (Å²) in [6.45, 7) is 3.95. The third-order valence-corrected chi connectivity index (χ3v) is 4.86. The van der Waals surface area contributed by atoms with Gasteiger partial charge in [0.05, 0.1) is 11.3 Å². The summed E-state index contributed by atoms with van der Waals surface area (Å²) in [5, 5.41) is 9.55. The van der Waals surface area contributed by atoms with E-state index in [1.165, 1.54) is 12.1 Å². The van der Waals surface area contributed by atoms with Crippen LogP contribution in [0.5, 0.6) is 0 Å². The zero-order chi connectivity index (χ0) is 18.2. The van der Waals surface area contributed by atoms with Gasteiger partial charge in [0, 0.05) is 13.1 Å². The Morgan fingerprint density at radius 3 is 2.56 bits per heavy atom. The molecule has 0 saturated heterocycles. The number of aliphatic carboxylic acids is 1. The summed E-state index contributed by atoms with van der Waals surface area (Å²) >= 11 is 0. The standard InChI is InChI=1S/C20H20FNO3/c1-20(2,14-7-5-8-15(21)10-14)19(25)22-11-13-6-3-4-9-16(13)17(12-22)18(23)24/h3-10,17H,11-12H2,1-2H3,(H,23,24). The van der Waals surface area contributed by atoms with Crippen LogP contribution < -0.4 is 0 Å². The minimum atomic E-state index is -0.950. The van der Waals surface area contributed by atoms with Gasteiger partial charge in [0.15, 0.2) is 0 Å². The fraction of sp³-hybridized carbons (Fsp3) is 0.300. The normalized spacial score (nSPS) is 17.1. The van der Waals surface area contributed by atoms with Crippen molar-refractivity contribution in [2.45, 2.75) is 31.7 Å². The third-order valence-electron chi connectivity index (χ3n) is 4.86. The van der Waals surface area contributed by atoms with Crippen molar-refractivity contribution in [1.82, 2.24) is 4.90 Å². The van der Waals surface area contributed by atoms with E-state index in [-0.39, 0.29) is 12.5 Å². The Morgan fingerprint density at radius 2 is 1.88 bits per heavy atom. The SMILES string of the molecule is CC(C)(C(=O)N1Cc2ccccc2C(C(=O)O)C1)c1cccc(F)c1. The second-order valence-corrected chi connectivity index (χ2v) is 6.91. The van der Waals surface area contributed by atoms with Crippen LogP contribution in [0.4, 0.5) is 4.39 Å². The summed E-state index contributed by atoms with van der Waals surface area (Å²) in [7, 11) is 0. The highest BCUT2D eigenvalue weighted by Crippen LogP contribution is 2.33. The number of hydrogen-bond donors (Lipinski definition) is 1. The van der Waals surface area contributed by atoms with Crippen molar-refractivity contribution in [3.63, 3.8) is 0 Å². The summed E-state index contributed by atoms with van der Waals surface area (Å²) in [4.78, 5) is 26.3. The van der Waals surface area contributed by atoms with E-state index in [9.17, 15) is 19.1 Å². The molecule has 0 aromatic heterocycles. The third kappa shape index (κ3) is 3.14. The second kappa shape index (κ2) is 6.31. The number of carboxylic acids is 1. The molecule has 0 radical (unpaired) electrons. The van der Waals surface area contributed by atoms with Crippen LogP contribution in [0.3, 0.4) is 0 Å². The lowest BCUT2D eigenvalue weighted by molar-refractivity contribution is -0.143. The second-order valence-electron chi connectivity index (χ2n) is 6.91. The van der Waals surface area contributed by atoms with E-state index >= 15 is 0 Å². The number of benzene rings is 2. The highest BCUT2D eigenvalue weighted by molar-refractivity contribution is 5.89. The van der Waals surface area contributed by atoms with Crippen molar-refractivity contribution in [1.29, 1.82) is 0 Å². The summed E-state index contributed by atoms with van der Waals surface area (Å²) < 4.78 is 13.6. The fourth-order valence-corrected chi connectivity index (χ4v) is 3.37. The molecule has 1 atom stereocenters. The van der Waals surface area contributed by atoms with Crippen LogP contribution >= 0.6 is 0 Å². The maximum Gasteiger partial charge on any atom is 0.312 e. The number of hydrogen-bond acceptors (Lipinski definition) is 2. The topological polar surface area (TPSA) is 57.6 Å². The van der Waals surface area contributed by atoms with Gasteiger partial charge in [0.2, 0.25) is 5.91 Å². The molecular weight excluding hydrogens is 321 g/mol. The predicted molar refractivity (Wildman–Crippen MR) is 91.7 cm³/mol. The van der Waals surface area contributed by atoms with Crippen LogP contribution in [0.25, 0.3) is 0 Å². The Labute approximate surface area is 145 Å². The largest absolute Gasteiger partial charge is 0.481 e. The number of rotatable bonds is 3. The average Bonchev–Trinajstić information content (AvgIpc) is 2.60. The number of fused-ring (bicyclic) bond motifs is 1. The van der Waals surface area contributed by atoms with E-state index < -0.39 is 23.1 Å². The molecule has 1 aliphatic heterocycles. The number of carbonyl (C=O) groups is 2. The van der Waals surface area contributed by atoms with Gasteiger partial charge in [-0.2, -0.15) is 0 Å². The first-order valence-electron chi connectivity index (χ1n) is 8.16. The summed E-state index contributed by atoms with van der Waals surface area (Å²) in [5.41, 5.74) is 1.22. The van der Waals surface area contributed by atoms with Crippen molar-refractivity contribution in [2.24, 2.45) is 0 Å². The Bertz CT molecular complexity index is 831. The average molecular weight is 341 g/mol. The predicted octanol–water partition coefficient (Wildman–Crippen LogP) is 3.31. The number of halogens is 1. The van der Waals surface area contributed by atoms with Gasteiger partial charge in [-0.15, -0.1) is 0 Å². The first kappa shape index (κ1) is 17.1. The molecule has 5 heteroatoms. The molecule has 4 nitrogen and oxygen atoms in total. The van der Waals surface area contributed by atoms with Crippen molar-refractivity contribution in [3.8, 4) is 0 Å². The van der Waals surface area contributed by atoms with Crippen molar-refractivity contribution in [2.75, 3.05) is 6.54 Å². The number of amides is 1. The fourth-order valence-electron chi connectivity index (χ4n) is 3.37. The summed E-state index contributed by atoms with van der Waals surface area (Å²) in [6, 6.07) is 13.3. The van der Waals surface area contributed by atoms with E-state index in [0.29, 0.717) is 12.1 Å². The molecule has 2 aromatic rings. The number of carboxylic acid groups (broad SMARTS) is 1. The van der Waals surface area contributed by atoms with Crippen molar-refractivity contribution < 1.29 is 19.1 Å². The summed E-state index contributed by atoms with van der Waals surface area (Å²) in [6.07, 6.45) is 0. The van der Waals surface area contributed by atoms with Gasteiger partial charge < -0.3 is 10.0 Å². The molecule has 1 N–H and O–H groups in total. The van der Waals surface area contributed by atoms with Crippen LogP contribution in [0.2, 0.25) is 0 Å². The maximum atomic E-state index is 13.6. The van der Waals surface area contributed by atoms with E-state index in [2.05, 4.69) is 0 Å². The molecule has 0 aliphatic carbocycles. The Morgan fingerprint density at radius 1 is 1.16 bits per heavy atom. The quantitative estimate of drug-likeness (QED) is 0.932. The van der Waals surface area contributed by atoms with E-state index in [1.54, 1.807) is 36.9 Å².